The summed E-state index contributed by atoms with van der Waals surface area (Å²) in [5.41, 5.74) is 3.30. The van der Waals surface area contributed by atoms with Crippen LogP contribution >= 0.6 is 0 Å². The Bertz CT molecular complexity index is 948. The van der Waals surface area contributed by atoms with Crippen molar-refractivity contribution in [1.29, 1.82) is 0 Å². The van der Waals surface area contributed by atoms with Crippen LogP contribution in [0.5, 0.6) is 0 Å². The minimum atomic E-state index is -1.21. The first kappa shape index (κ1) is 19.4. The van der Waals surface area contributed by atoms with E-state index >= 15 is 0 Å². The minimum Gasteiger partial charge on any atom is -0.358 e. The fraction of sp³-hybridized carbons (Fsp3) is 0.227. The Kier molecular flexibility index (Phi) is 5.31. The van der Waals surface area contributed by atoms with E-state index in [1.807, 2.05) is 30.3 Å². The van der Waals surface area contributed by atoms with E-state index in [0.29, 0.717) is 17.3 Å². The Labute approximate surface area is 164 Å². The molecule has 6 heteroatoms. The number of amides is 4. The van der Waals surface area contributed by atoms with Gasteiger partial charge in [0, 0.05) is 11.4 Å². The smallest absolute Gasteiger partial charge is 0.335 e. The van der Waals surface area contributed by atoms with E-state index in [4.69, 9.17) is 0 Å². The molecule has 0 spiro atoms. The minimum absolute atomic E-state index is 0.214. The van der Waals surface area contributed by atoms with Crippen LogP contribution in [0.2, 0.25) is 0 Å². The van der Waals surface area contributed by atoms with E-state index in [2.05, 4.69) is 31.1 Å². The molecule has 2 N–H and O–H groups in total. The van der Waals surface area contributed by atoms with Crippen molar-refractivity contribution in [2.45, 2.75) is 26.7 Å². The molecule has 1 heterocycles. The Morgan fingerprint density at radius 2 is 1.71 bits per heavy atom. The lowest BCUT2D eigenvalue weighted by molar-refractivity contribution is -0.132. The van der Waals surface area contributed by atoms with Crippen molar-refractivity contribution < 1.29 is 14.4 Å². The van der Waals surface area contributed by atoms with Gasteiger partial charge in [0.25, 0.3) is 5.91 Å². The predicted octanol–water partition coefficient (Wildman–Crippen LogP) is 3.94. The van der Waals surface area contributed by atoms with Crippen LogP contribution < -0.4 is 15.5 Å². The van der Waals surface area contributed by atoms with Crippen molar-refractivity contribution in [1.82, 2.24) is 5.32 Å². The zero-order valence-corrected chi connectivity index (χ0v) is 16.2. The summed E-state index contributed by atoms with van der Waals surface area (Å²) < 4.78 is 0. The summed E-state index contributed by atoms with van der Waals surface area (Å²) in [6.45, 7) is 9.87. The van der Waals surface area contributed by atoms with E-state index in [-0.39, 0.29) is 5.70 Å². The number of nitrogens with one attached hydrogen (secondary N) is 2. The number of para-hydroxylation sites is 1. The molecule has 1 saturated heterocycles. The fourth-order valence-corrected chi connectivity index (χ4v) is 3.13. The number of anilines is 2. The van der Waals surface area contributed by atoms with Gasteiger partial charge in [-0.25, -0.2) is 9.69 Å². The van der Waals surface area contributed by atoms with Crippen molar-refractivity contribution in [3.63, 3.8) is 0 Å². The van der Waals surface area contributed by atoms with Crippen molar-refractivity contribution in [3.05, 3.63) is 71.9 Å². The molecule has 1 aliphatic heterocycles. The number of hydrogen-bond donors (Lipinski definition) is 2. The number of carbonyl (C=O) groups excluding carboxylic acids is 3. The second-order valence-electron chi connectivity index (χ2n) is 7.11. The number of imide groups is 2. The van der Waals surface area contributed by atoms with Gasteiger partial charge in [0.2, 0.25) is 5.91 Å². The van der Waals surface area contributed by atoms with Gasteiger partial charge in [-0.1, -0.05) is 50.8 Å². The van der Waals surface area contributed by atoms with Crippen LogP contribution in [0.25, 0.3) is 0 Å². The highest BCUT2D eigenvalue weighted by molar-refractivity contribution is 6.29. The number of barbiturate groups is 1. The molecule has 0 unspecified atom stereocenters. The zero-order chi connectivity index (χ0) is 20.4. The molecular weight excluding hydrogens is 354 g/mol. The molecule has 6 nitrogen and oxygen atoms in total. The maximum Gasteiger partial charge on any atom is 0.335 e. The van der Waals surface area contributed by atoms with Crippen molar-refractivity contribution >= 4 is 29.2 Å². The number of aryl methyl sites for hydroxylation is 1. The molecule has 0 saturated carbocycles. The standard InChI is InChI=1S/C22H23N3O3/c1-13(2)16-9-11-17(12-10-16)23-15(4)19-20(26)24-22(28)25(21(19)27)18-8-6-5-7-14(18)3/h5-13,19,23H,4H2,1-3H3,(H,24,26,28)/t19-/m1/s1. The average molecular weight is 377 g/mol. The number of urea groups is 1. The van der Waals surface area contributed by atoms with Gasteiger partial charge in [0.15, 0.2) is 5.92 Å². The van der Waals surface area contributed by atoms with Gasteiger partial charge in [-0.3, -0.25) is 14.9 Å². The SMILES string of the molecule is C=C(Nc1ccc(C(C)C)cc1)[C@@H]1C(=O)NC(=O)N(c2ccccc2C)C1=O. The van der Waals surface area contributed by atoms with Gasteiger partial charge in [0.1, 0.15) is 0 Å². The highest BCUT2D eigenvalue weighted by atomic mass is 16.2. The summed E-state index contributed by atoms with van der Waals surface area (Å²) in [6, 6.07) is 14.0. The topological polar surface area (TPSA) is 78.5 Å². The third-order valence-corrected chi connectivity index (χ3v) is 4.75. The largest absolute Gasteiger partial charge is 0.358 e. The Hall–Kier alpha value is -3.41. The third kappa shape index (κ3) is 3.67. The maximum atomic E-state index is 13.0. The normalized spacial score (nSPS) is 16.9. The summed E-state index contributed by atoms with van der Waals surface area (Å²) >= 11 is 0. The lowest BCUT2D eigenvalue weighted by Crippen LogP contribution is -2.59. The first-order chi connectivity index (χ1) is 13.3. The van der Waals surface area contributed by atoms with Crippen molar-refractivity contribution in [2.75, 3.05) is 10.2 Å². The van der Waals surface area contributed by atoms with E-state index in [9.17, 15) is 14.4 Å². The number of carbonyl (C=O) groups is 3. The molecule has 2 aromatic carbocycles. The monoisotopic (exact) mass is 377 g/mol. The molecule has 0 radical (unpaired) electrons. The number of nitrogens with zero attached hydrogens (tertiary/aromatic N) is 1. The van der Waals surface area contributed by atoms with Gasteiger partial charge in [-0.05, 0) is 42.2 Å². The summed E-state index contributed by atoms with van der Waals surface area (Å²) in [4.78, 5) is 38.7. The molecule has 28 heavy (non-hydrogen) atoms. The second kappa shape index (κ2) is 7.68. The lowest BCUT2D eigenvalue weighted by atomic mass is 9.99. The summed E-state index contributed by atoms with van der Waals surface area (Å²) in [6.07, 6.45) is 0. The van der Waals surface area contributed by atoms with Gasteiger partial charge in [-0.2, -0.15) is 0 Å². The second-order valence-corrected chi connectivity index (χ2v) is 7.11. The molecule has 1 atom stereocenters. The van der Waals surface area contributed by atoms with Gasteiger partial charge in [0.05, 0.1) is 5.69 Å². The van der Waals surface area contributed by atoms with Gasteiger partial charge < -0.3 is 5.32 Å². The molecule has 144 valence electrons. The van der Waals surface area contributed by atoms with Crippen LogP contribution in [-0.2, 0) is 9.59 Å². The molecular formula is C22H23N3O3. The zero-order valence-electron chi connectivity index (χ0n) is 16.2. The summed E-state index contributed by atoms with van der Waals surface area (Å²) in [5, 5.41) is 5.28. The molecule has 0 bridgehead atoms. The van der Waals surface area contributed by atoms with Crippen LogP contribution in [-0.4, -0.2) is 17.8 Å². The van der Waals surface area contributed by atoms with Crippen LogP contribution in [0, 0.1) is 12.8 Å². The van der Waals surface area contributed by atoms with Crippen LogP contribution in [0.4, 0.5) is 16.2 Å². The summed E-state index contributed by atoms with van der Waals surface area (Å²) in [5.74, 6) is -2.12. The Morgan fingerprint density at radius 3 is 2.32 bits per heavy atom. The van der Waals surface area contributed by atoms with E-state index in [1.165, 1.54) is 5.56 Å². The number of rotatable bonds is 5. The van der Waals surface area contributed by atoms with Crippen LogP contribution in [0.3, 0.4) is 0 Å². The van der Waals surface area contributed by atoms with Crippen molar-refractivity contribution in [3.8, 4) is 0 Å². The fourth-order valence-electron chi connectivity index (χ4n) is 3.13. The van der Waals surface area contributed by atoms with E-state index in [0.717, 1.165) is 10.5 Å². The Morgan fingerprint density at radius 1 is 1.07 bits per heavy atom. The van der Waals surface area contributed by atoms with Gasteiger partial charge in [-0.15, -0.1) is 0 Å². The number of hydrogen-bond acceptors (Lipinski definition) is 4. The Balaban J connectivity index is 1.84. The average Bonchev–Trinajstić information content (AvgIpc) is 2.63. The first-order valence-electron chi connectivity index (χ1n) is 9.09. The van der Waals surface area contributed by atoms with E-state index in [1.54, 1.807) is 25.1 Å². The molecule has 1 aliphatic rings. The molecule has 0 aromatic heterocycles. The van der Waals surface area contributed by atoms with Crippen molar-refractivity contribution in [2.24, 2.45) is 5.92 Å². The summed E-state index contributed by atoms with van der Waals surface area (Å²) in [7, 11) is 0. The molecule has 1 fully saturated rings. The van der Waals surface area contributed by atoms with Gasteiger partial charge >= 0.3 is 6.03 Å². The molecule has 4 amide bonds. The highest BCUT2D eigenvalue weighted by Crippen LogP contribution is 2.27. The highest BCUT2D eigenvalue weighted by Gasteiger charge is 2.43. The molecule has 2 aromatic rings. The quantitative estimate of drug-likeness (QED) is 0.774. The molecule has 0 aliphatic carbocycles. The van der Waals surface area contributed by atoms with Crippen LogP contribution in [0.1, 0.15) is 30.9 Å². The predicted molar refractivity (Wildman–Crippen MR) is 109 cm³/mol. The van der Waals surface area contributed by atoms with E-state index < -0.39 is 23.8 Å². The maximum absolute atomic E-state index is 13.0. The third-order valence-electron chi connectivity index (χ3n) is 4.75. The first-order valence-corrected chi connectivity index (χ1v) is 9.09. The number of benzene rings is 2. The lowest BCUT2D eigenvalue weighted by Gasteiger charge is -2.32. The molecule has 3 rings (SSSR count). The van der Waals surface area contributed by atoms with Crippen LogP contribution in [0.15, 0.2) is 60.8 Å².